The first kappa shape index (κ1) is 13.6. The summed E-state index contributed by atoms with van der Waals surface area (Å²) < 4.78 is 6.80. The Morgan fingerprint density at radius 1 is 1.32 bits per heavy atom. The molecule has 116 valence electrons. The highest BCUT2D eigenvalue weighted by Gasteiger charge is 2.42. The van der Waals surface area contributed by atoms with Gasteiger partial charge in [-0.2, -0.15) is 0 Å². The predicted molar refractivity (Wildman–Crippen MR) is 81.9 cm³/mol. The van der Waals surface area contributed by atoms with Gasteiger partial charge in [0.25, 0.3) is 11.5 Å². The molecule has 0 aromatic carbocycles. The Kier molecular flexibility index (Phi) is 2.91. The molecule has 4 rings (SSSR count). The zero-order chi connectivity index (χ0) is 15.3. The van der Waals surface area contributed by atoms with Crippen molar-refractivity contribution >= 4 is 16.8 Å². The number of carbonyl (C=O) groups excluding carboxylic acids is 1. The number of carbonyl (C=O) groups is 1. The van der Waals surface area contributed by atoms with Gasteiger partial charge in [0, 0.05) is 43.3 Å². The van der Waals surface area contributed by atoms with Crippen LogP contribution in [-0.2, 0) is 11.8 Å². The molecule has 0 bridgehead atoms. The minimum absolute atomic E-state index is 0.00953. The first-order chi connectivity index (χ1) is 10.6. The van der Waals surface area contributed by atoms with Crippen molar-refractivity contribution in [1.29, 1.82) is 0 Å². The number of nitrogens with zero attached hydrogens (tertiary/aromatic N) is 2. The lowest BCUT2D eigenvalue weighted by molar-refractivity contribution is -0.136. The van der Waals surface area contributed by atoms with Crippen LogP contribution in [0.3, 0.4) is 0 Å². The van der Waals surface area contributed by atoms with Crippen molar-refractivity contribution < 1.29 is 9.53 Å². The number of aromatic amines is 1. The van der Waals surface area contributed by atoms with Gasteiger partial charge in [0.1, 0.15) is 5.52 Å². The molecule has 2 aliphatic rings. The molecule has 1 N–H and O–H groups in total. The third kappa shape index (κ3) is 1.90. The average molecular weight is 301 g/mol. The van der Waals surface area contributed by atoms with Crippen LogP contribution in [0.4, 0.5) is 0 Å². The number of amides is 1. The number of hydrogen-bond acceptors (Lipinski definition) is 3. The summed E-state index contributed by atoms with van der Waals surface area (Å²) in [6.45, 7) is 3.18. The Morgan fingerprint density at radius 2 is 2.05 bits per heavy atom. The molecule has 2 aromatic rings. The molecule has 4 heterocycles. The van der Waals surface area contributed by atoms with E-state index in [0.717, 1.165) is 39.1 Å². The van der Waals surface area contributed by atoms with Crippen molar-refractivity contribution in [2.45, 2.75) is 12.8 Å². The normalized spacial score (nSPS) is 20.3. The maximum absolute atomic E-state index is 12.9. The summed E-state index contributed by atoms with van der Waals surface area (Å²) in [5, 5.41) is 0.709. The summed E-state index contributed by atoms with van der Waals surface area (Å²) in [5.41, 5.74) is 1.29. The van der Waals surface area contributed by atoms with E-state index in [-0.39, 0.29) is 11.5 Å². The smallest absolute Gasteiger partial charge is 0.274 e. The molecule has 6 heteroatoms. The van der Waals surface area contributed by atoms with Crippen LogP contribution in [0.2, 0.25) is 0 Å². The molecule has 0 aliphatic carbocycles. The highest BCUT2D eigenvalue weighted by molar-refractivity contribution is 6.05. The fraction of sp³-hybridized carbons (Fsp3) is 0.500. The van der Waals surface area contributed by atoms with Gasteiger partial charge < -0.3 is 19.2 Å². The van der Waals surface area contributed by atoms with Crippen LogP contribution >= 0.6 is 0 Å². The number of aryl methyl sites for hydroxylation is 1. The molecule has 1 amide bonds. The third-order valence-electron chi connectivity index (χ3n) is 5.05. The van der Waals surface area contributed by atoms with E-state index < -0.39 is 0 Å². The molecule has 22 heavy (non-hydrogen) atoms. The molecular weight excluding hydrogens is 282 g/mol. The predicted octanol–water partition coefficient (Wildman–Crippen LogP) is 1.12. The van der Waals surface area contributed by atoms with Crippen LogP contribution in [-0.4, -0.2) is 46.7 Å². The maximum atomic E-state index is 12.9. The standard InChI is InChI=1S/C16H19N3O3/c1-18-8-12(11-2-5-17-13(11)15(18)21)14(20)19-6-3-16(4-7-19)9-22-10-16/h2,5,8,17H,3-4,6-7,9-10H2,1H3. The number of likely N-dealkylation sites (tertiary alicyclic amines) is 1. The molecule has 2 aliphatic heterocycles. The van der Waals surface area contributed by atoms with E-state index in [1.807, 2.05) is 4.90 Å². The van der Waals surface area contributed by atoms with E-state index >= 15 is 0 Å². The monoisotopic (exact) mass is 301 g/mol. The zero-order valence-corrected chi connectivity index (χ0v) is 12.6. The number of hydrogen-bond donors (Lipinski definition) is 1. The van der Waals surface area contributed by atoms with Crippen LogP contribution in [0.15, 0.2) is 23.3 Å². The minimum atomic E-state index is -0.110. The van der Waals surface area contributed by atoms with E-state index in [9.17, 15) is 9.59 Å². The number of rotatable bonds is 1. The molecule has 0 radical (unpaired) electrons. The van der Waals surface area contributed by atoms with Crippen molar-refractivity contribution in [3.63, 3.8) is 0 Å². The Morgan fingerprint density at radius 3 is 2.68 bits per heavy atom. The number of fused-ring (bicyclic) bond motifs is 1. The van der Waals surface area contributed by atoms with Crippen LogP contribution in [0, 0.1) is 5.41 Å². The number of ether oxygens (including phenoxy) is 1. The number of H-pyrrole nitrogens is 1. The second-order valence-electron chi connectivity index (χ2n) is 6.51. The zero-order valence-electron chi connectivity index (χ0n) is 12.6. The topological polar surface area (TPSA) is 67.3 Å². The lowest BCUT2D eigenvalue weighted by Crippen LogP contribution is -2.52. The van der Waals surface area contributed by atoms with Gasteiger partial charge in [0.05, 0.1) is 18.8 Å². The summed E-state index contributed by atoms with van der Waals surface area (Å²) in [6.07, 6.45) is 5.36. The van der Waals surface area contributed by atoms with E-state index in [1.165, 1.54) is 4.57 Å². The Labute approximate surface area is 127 Å². The van der Waals surface area contributed by atoms with Crippen molar-refractivity contribution in [3.8, 4) is 0 Å². The van der Waals surface area contributed by atoms with Gasteiger partial charge in [-0.15, -0.1) is 0 Å². The van der Waals surface area contributed by atoms with Crippen molar-refractivity contribution in [2.24, 2.45) is 12.5 Å². The van der Waals surface area contributed by atoms with E-state index in [2.05, 4.69) is 4.98 Å². The first-order valence-corrected chi connectivity index (χ1v) is 7.63. The van der Waals surface area contributed by atoms with Gasteiger partial charge >= 0.3 is 0 Å². The van der Waals surface area contributed by atoms with Gasteiger partial charge in [0.15, 0.2) is 0 Å². The Bertz CT molecular complexity index is 791. The Balaban J connectivity index is 1.65. The molecule has 1 spiro atoms. The molecule has 2 aromatic heterocycles. The lowest BCUT2D eigenvalue weighted by Gasteiger charge is -2.47. The molecule has 2 fully saturated rings. The summed E-state index contributed by atoms with van der Waals surface area (Å²) >= 11 is 0. The van der Waals surface area contributed by atoms with Gasteiger partial charge in [-0.1, -0.05) is 0 Å². The SMILES string of the molecule is Cn1cc(C(=O)N2CCC3(CC2)COC3)c2cc[nH]c2c1=O. The molecule has 2 saturated heterocycles. The third-order valence-corrected chi connectivity index (χ3v) is 5.05. The number of pyridine rings is 1. The highest BCUT2D eigenvalue weighted by Crippen LogP contribution is 2.38. The van der Waals surface area contributed by atoms with Crippen molar-refractivity contribution in [1.82, 2.24) is 14.5 Å². The molecule has 0 atom stereocenters. The van der Waals surface area contributed by atoms with E-state index in [4.69, 9.17) is 4.74 Å². The first-order valence-electron chi connectivity index (χ1n) is 7.63. The maximum Gasteiger partial charge on any atom is 0.274 e. The summed E-state index contributed by atoms with van der Waals surface area (Å²) in [5.74, 6) is 0.00953. The van der Waals surface area contributed by atoms with Gasteiger partial charge in [0.2, 0.25) is 0 Å². The van der Waals surface area contributed by atoms with E-state index in [0.29, 0.717) is 21.9 Å². The van der Waals surface area contributed by atoms with Crippen LogP contribution in [0.1, 0.15) is 23.2 Å². The number of nitrogens with one attached hydrogen (secondary N) is 1. The van der Waals surface area contributed by atoms with Crippen molar-refractivity contribution in [3.05, 3.63) is 34.4 Å². The van der Waals surface area contributed by atoms with Crippen LogP contribution in [0.25, 0.3) is 10.9 Å². The molecular formula is C16H19N3O3. The quantitative estimate of drug-likeness (QED) is 0.858. The second-order valence-corrected chi connectivity index (χ2v) is 6.51. The Hall–Kier alpha value is -2.08. The average Bonchev–Trinajstić information content (AvgIpc) is 2.98. The van der Waals surface area contributed by atoms with Crippen LogP contribution in [0.5, 0.6) is 0 Å². The fourth-order valence-electron chi connectivity index (χ4n) is 3.47. The number of aromatic nitrogens is 2. The van der Waals surface area contributed by atoms with E-state index in [1.54, 1.807) is 25.5 Å². The fourth-order valence-corrected chi connectivity index (χ4v) is 3.47. The molecule has 0 unspecified atom stereocenters. The summed E-state index contributed by atoms with van der Waals surface area (Å²) in [6, 6.07) is 1.80. The van der Waals surface area contributed by atoms with Gasteiger partial charge in [-0.05, 0) is 18.9 Å². The van der Waals surface area contributed by atoms with Crippen LogP contribution < -0.4 is 5.56 Å². The van der Waals surface area contributed by atoms with Crippen molar-refractivity contribution in [2.75, 3.05) is 26.3 Å². The summed E-state index contributed by atoms with van der Waals surface area (Å²) in [4.78, 5) is 29.8. The lowest BCUT2D eigenvalue weighted by atomic mass is 9.77. The largest absolute Gasteiger partial charge is 0.380 e. The second kappa shape index (κ2) is 4.71. The van der Waals surface area contributed by atoms with Gasteiger partial charge in [-0.25, -0.2) is 0 Å². The number of piperidine rings is 1. The highest BCUT2D eigenvalue weighted by atomic mass is 16.5. The summed E-state index contributed by atoms with van der Waals surface area (Å²) in [7, 11) is 1.68. The molecule has 6 nitrogen and oxygen atoms in total. The minimum Gasteiger partial charge on any atom is -0.380 e. The molecule has 0 saturated carbocycles. The van der Waals surface area contributed by atoms with Gasteiger partial charge in [-0.3, -0.25) is 9.59 Å².